The van der Waals surface area contributed by atoms with Crippen molar-refractivity contribution in [1.29, 1.82) is 0 Å². The molecule has 0 spiro atoms. The van der Waals surface area contributed by atoms with Gasteiger partial charge in [0.15, 0.2) is 5.82 Å². The highest BCUT2D eigenvalue weighted by Crippen LogP contribution is 2.30. The minimum atomic E-state index is -4.36. The van der Waals surface area contributed by atoms with Gasteiger partial charge in [-0.05, 0) is 31.2 Å². The lowest BCUT2D eigenvalue weighted by molar-refractivity contribution is -0.137. The first-order valence-corrected chi connectivity index (χ1v) is 7.87. The lowest BCUT2D eigenvalue weighted by Crippen LogP contribution is -2.04. The topological polar surface area (TPSA) is 43.6 Å². The fourth-order valence-corrected chi connectivity index (χ4v) is 2.87. The van der Waals surface area contributed by atoms with Crippen molar-refractivity contribution in [2.24, 2.45) is 0 Å². The van der Waals surface area contributed by atoms with Gasteiger partial charge in [0.2, 0.25) is 0 Å². The average molecular weight is 354 g/mol. The van der Waals surface area contributed by atoms with Gasteiger partial charge in [-0.1, -0.05) is 24.3 Å². The van der Waals surface area contributed by atoms with E-state index in [0.29, 0.717) is 17.1 Å². The number of aromatic nitrogens is 4. The van der Waals surface area contributed by atoms with Crippen LogP contribution in [0, 0.1) is 6.92 Å². The molecule has 0 aliphatic carbocycles. The number of benzene rings is 2. The van der Waals surface area contributed by atoms with E-state index in [9.17, 15) is 13.2 Å². The second-order valence-corrected chi connectivity index (χ2v) is 5.82. The highest BCUT2D eigenvalue weighted by Gasteiger charge is 2.30. The van der Waals surface area contributed by atoms with Gasteiger partial charge >= 0.3 is 6.18 Å². The normalized spacial score (nSPS) is 11.8. The smallest absolute Gasteiger partial charge is 0.279 e. The maximum atomic E-state index is 12.7. The molecular formula is C19H13F3N4. The van der Waals surface area contributed by atoms with E-state index in [0.717, 1.165) is 29.0 Å². The van der Waals surface area contributed by atoms with Crippen LogP contribution >= 0.6 is 0 Å². The summed E-state index contributed by atoms with van der Waals surface area (Å²) >= 11 is 0. The number of alkyl halides is 3. The Hall–Kier alpha value is -3.22. The van der Waals surface area contributed by atoms with Crippen molar-refractivity contribution in [3.05, 3.63) is 72.3 Å². The van der Waals surface area contributed by atoms with Crippen molar-refractivity contribution in [1.82, 2.24) is 19.5 Å². The van der Waals surface area contributed by atoms with Crippen molar-refractivity contribution in [3.8, 4) is 17.1 Å². The predicted molar refractivity (Wildman–Crippen MR) is 91.8 cm³/mol. The van der Waals surface area contributed by atoms with E-state index in [2.05, 4.69) is 15.0 Å². The highest BCUT2D eigenvalue weighted by molar-refractivity contribution is 5.77. The van der Waals surface area contributed by atoms with E-state index in [4.69, 9.17) is 0 Å². The van der Waals surface area contributed by atoms with Crippen LogP contribution in [0.15, 0.2) is 60.9 Å². The third kappa shape index (κ3) is 2.81. The minimum absolute atomic E-state index is 0.494. The second-order valence-electron chi connectivity index (χ2n) is 5.82. The van der Waals surface area contributed by atoms with E-state index < -0.39 is 11.7 Å². The van der Waals surface area contributed by atoms with Gasteiger partial charge in [-0.2, -0.15) is 13.2 Å². The quantitative estimate of drug-likeness (QED) is 0.519. The summed E-state index contributed by atoms with van der Waals surface area (Å²) in [5.41, 5.74) is 2.10. The molecule has 0 saturated carbocycles. The summed E-state index contributed by atoms with van der Waals surface area (Å²) in [5.74, 6) is 1.32. The van der Waals surface area contributed by atoms with Crippen molar-refractivity contribution in [3.63, 3.8) is 0 Å². The Morgan fingerprint density at radius 1 is 0.885 bits per heavy atom. The fourth-order valence-electron chi connectivity index (χ4n) is 2.87. The molecule has 0 aliphatic rings. The Labute approximate surface area is 147 Å². The van der Waals surface area contributed by atoms with E-state index in [1.54, 1.807) is 6.20 Å². The third-order valence-electron chi connectivity index (χ3n) is 4.09. The van der Waals surface area contributed by atoms with Crippen molar-refractivity contribution in [2.45, 2.75) is 13.1 Å². The molecule has 0 unspecified atom stereocenters. The van der Waals surface area contributed by atoms with Crippen LogP contribution in [0.2, 0.25) is 0 Å². The molecule has 130 valence electrons. The summed E-state index contributed by atoms with van der Waals surface area (Å²) < 4.78 is 40.1. The van der Waals surface area contributed by atoms with E-state index in [1.807, 2.05) is 35.8 Å². The number of halogens is 3. The molecule has 0 saturated heterocycles. The molecular weight excluding hydrogens is 341 g/mol. The molecule has 4 rings (SSSR count). The van der Waals surface area contributed by atoms with Gasteiger partial charge in [0, 0.05) is 5.56 Å². The monoisotopic (exact) mass is 354 g/mol. The van der Waals surface area contributed by atoms with Gasteiger partial charge in [-0.25, -0.2) is 9.97 Å². The number of nitrogens with zero attached hydrogens (tertiary/aromatic N) is 4. The van der Waals surface area contributed by atoms with Crippen LogP contribution in [0.25, 0.3) is 28.1 Å². The third-order valence-corrected chi connectivity index (χ3v) is 4.09. The maximum absolute atomic E-state index is 12.7. The van der Waals surface area contributed by atoms with E-state index >= 15 is 0 Å². The highest BCUT2D eigenvalue weighted by atomic mass is 19.4. The van der Waals surface area contributed by atoms with Gasteiger partial charge in [0.1, 0.15) is 5.82 Å². The Balaban J connectivity index is 1.79. The number of imidazole rings is 1. The van der Waals surface area contributed by atoms with E-state index in [-0.39, 0.29) is 0 Å². The van der Waals surface area contributed by atoms with Crippen molar-refractivity contribution in [2.75, 3.05) is 0 Å². The first-order chi connectivity index (χ1) is 12.4. The number of rotatable bonds is 2. The molecule has 0 bridgehead atoms. The molecule has 4 nitrogen and oxygen atoms in total. The number of hydrogen-bond acceptors (Lipinski definition) is 3. The molecule has 2 aromatic carbocycles. The first-order valence-electron chi connectivity index (χ1n) is 7.87. The molecule has 0 N–H and O–H groups in total. The summed E-state index contributed by atoms with van der Waals surface area (Å²) in [6.45, 7) is 1.87. The van der Waals surface area contributed by atoms with Gasteiger partial charge in [-0.3, -0.25) is 9.55 Å². The summed E-state index contributed by atoms with van der Waals surface area (Å²) in [6, 6.07) is 12.5. The zero-order valence-electron chi connectivity index (χ0n) is 13.7. The molecule has 0 atom stereocenters. The molecule has 0 fully saturated rings. The molecule has 0 amide bonds. The van der Waals surface area contributed by atoms with Crippen molar-refractivity contribution >= 4 is 11.0 Å². The summed E-state index contributed by atoms with van der Waals surface area (Å²) in [7, 11) is 0. The van der Waals surface area contributed by atoms with Gasteiger partial charge in [0.25, 0.3) is 0 Å². The molecule has 4 aromatic rings. The Bertz CT molecular complexity index is 1080. The second kappa shape index (κ2) is 5.94. The number of aryl methyl sites for hydroxylation is 1. The number of hydrogen-bond donors (Lipinski definition) is 0. The zero-order chi connectivity index (χ0) is 18.3. The van der Waals surface area contributed by atoms with Crippen LogP contribution in [0.1, 0.15) is 11.4 Å². The van der Waals surface area contributed by atoms with E-state index in [1.165, 1.54) is 18.3 Å². The number of fused-ring (bicyclic) bond motifs is 1. The van der Waals surface area contributed by atoms with Crippen LogP contribution in [-0.2, 0) is 6.18 Å². The Morgan fingerprint density at radius 2 is 1.62 bits per heavy atom. The first kappa shape index (κ1) is 16.3. The molecule has 0 radical (unpaired) electrons. The maximum Gasteiger partial charge on any atom is 0.416 e. The average Bonchev–Trinajstić information content (AvgIpc) is 2.97. The van der Waals surface area contributed by atoms with Crippen LogP contribution in [0.5, 0.6) is 0 Å². The molecule has 2 aromatic heterocycles. The lowest BCUT2D eigenvalue weighted by Gasteiger charge is -2.09. The largest absolute Gasteiger partial charge is 0.416 e. The standard InChI is InChI=1S/C19H13F3N4/c1-12-24-15-4-2-3-5-17(15)26(12)18-11-23-10-16(25-18)13-6-8-14(9-7-13)19(20,21)22/h2-11H,1H3. The molecule has 26 heavy (non-hydrogen) atoms. The number of para-hydroxylation sites is 2. The lowest BCUT2D eigenvalue weighted by atomic mass is 10.1. The van der Waals surface area contributed by atoms with Crippen LogP contribution < -0.4 is 0 Å². The van der Waals surface area contributed by atoms with Gasteiger partial charge < -0.3 is 0 Å². The predicted octanol–water partition coefficient (Wildman–Crippen LogP) is 4.81. The molecule has 0 aliphatic heterocycles. The fraction of sp³-hybridized carbons (Fsp3) is 0.105. The Kier molecular flexibility index (Phi) is 3.72. The minimum Gasteiger partial charge on any atom is -0.279 e. The van der Waals surface area contributed by atoms with Crippen LogP contribution in [0.4, 0.5) is 13.2 Å². The van der Waals surface area contributed by atoms with Gasteiger partial charge in [-0.15, -0.1) is 0 Å². The summed E-state index contributed by atoms with van der Waals surface area (Å²) in [6.07, 6.45) is -1.23. The van der Waals surface area contributed by atoms with Crippen LogP contribution in [-0.4, -0.2) is 19.5 Å². The molecule has 7 heteroatoms. The van der Waals surface area contributed by atoms with Crippen LogP contribution in [0.3, 0.4) is 0 Å². The Morgan fingerprint density at radius 3 is 2.35 bits per heavy atom. The van der Waals surface area contributed by atoms with Gasteiger partial charge in [0.05, 0.1) is 34.7 Å². The zero-order valence-corrected chi connectivity index (χ0v) is 13.7. The summed E-state index contributed by atoms with van der Waals surface area (Å²) in [4.78, 5) is 13.3. The van der Waals surface area contributed by atoms with Crippen molar-refractivity contribution < 1.29 is 13.2 Å². The summed E-state index contributed by atoms with van der Waals surface area (Å²) in [5, 5.41) is 0. The SMILES string of the molecule is Cc1nc2ccccc2n1-c1cncc(-c2ccc(C(F)(F)F)cc2)n1. The molecule has 2 heterocycles.